The topological polar surface area (TPSA) is 15.3 Å². The first-order valence-electron chi connectivity index (χ1n) is 2.63. The molecule has 1 aliphatic heterocycles. The van der Waals surface area contributed by atoms with Gasteiger partial charge in [-0.2, -0.15) is 0 Å². The number of allylic oxidation sites excluding steroid dienone is 2. The Morgan fingerprint density at radius 2 is 2.38 bits per heavy atom. The van der Waals surface area contributed by atoms with Crippen LogP contribution in [0.5, 0.6) is 0 Å². The lowest BCUT2D eigenvalue weighted by molar-refractivity contribution is 0.379. The number of hydrazine groups is 1. The zero-order valence-corrected chi connectivity index (χ0v) is 5.18. The van der Waals surface area contributed by atoms with Gasteiger partial charge in [-0.05, 0) is 18.6 Å². The van der Waals surface area contributed by atoms with Gasteiger partial charge < -0.3 is 5.43 Å². The Labute approximate surface area is 49.5 Å². The van der Waals surface area contributed by atoms with E-state index in [1.807, 2.05) is 30.5 Å². The minimum atomic E-state index is 1.27. The van der Waals surface area contributed by atoms with E-state index in [4.69, 9.17) is 0 Å². The lowest BCUT2D eigenvalue weighted by atomic mass is 10.3. The van der Waals surface area contributed by atoms with Gasteiger partial charge in [0.2, 0.25) is 0 Å². The normalized spacial score (nSPS) is 17.8. The Morgan fingerprint density at radius 1 is 1.62 bits per heavy atom. The first kappa shape index (κ1) is 5.22. The maximum atomic E-state index is 2.99. The molecule has 2 heteroatoms. The van der Waals surface area contributed by atoms with Crippen molar-refractivity contribution < 1.29 is 0 Å². The second kappa shape index (κ2) is 1.90. The molecule has 0 saturated carbocycles. The number of rotatable bonds is 0. The van der Waals surface area contributed by atoms with E-state index in [9.17, 15) is 0 Å². The molecular weight excluding hydrogens is 100 g/mol. The van der Waals surface area contributed by atoms with Gasteiger partial charge in [-0.25, -0.2) is 0 Å². The van der Waals surface area contributed by atoms with Crippen LogP contribution in [0.15, 0.2) is 24.0 Å². The molecule has 0 spiro atoms. The lowest BCUT2D eigenvalue weighted by Crippen LogP contribution is -2.26. The smallest absolute Gasteiger partial charge is 0.0274 e. The van der Waals surface area contributed by atoms with Crippen LogP contribution in [-0.2, 0) is 0 Å². The first-order valence-corrected chi connectivity index (χ1v) is 2.63. The highest BCUT2D eigenvalue weighted by atomic mass is 15.5. The maximum absolute atomic E-state index is 2.99. The molecule has 0 fully saturated rings. The van der Waals surface area contributed by atoms with Crippen LogP contribution in [-0.4, -0.2) is 12.1 Å². The van der Waals surface area contributed by atoms with Gasteiger partial charge in [-0.15, -0.1) is 0 Å². The summed E-state index contributed by atoms with van der Waals surface area (Å²) in [6.45, 7) is 2.06. The van der Waals surface area contributed by atoms with E-state index in [1.54, 1.807) is 0 Å². The zero-order valence-electron chi connectivity index (χ0n) is 5.18. The van der Waals surface area contributed by atoms with Crippen LogP contribution < -0.4 is 5.43 Å². The highest BCUT2D eigenvalue weighted by Gasteiger charge is 1.91. The van der Waals surface area contributed by atoms with Crippen molar-refractivity contribution in [3.8, 4) is 0 Å². The van der Waals surface area contributed by atoms with E-state index in [1.165, 1.54) is 5.57 Å². The molecule has 1 rings (SSSR count). The average Bonchev–Trinajstić information content (AvgIpc) is 1.64. The molecule has 2 nitrogen and oxygen atoms in total. The summed E-state index contributed by atoms with van der Waals surface area (Å²) in [6.07, 6.45) is 5.97. The molecule has 1 aliphatic rings. The molecule has 0 aromatic carbocycles. The van der Waals surface area contributed by atoms with Gasteiger partial charge in [-0.1, -0.05) is 0 Å². The molecule has 0 aromatic rings. The van der Waals surface area contributed by atoms with Crippen LogP contribution in [0.4, 0.5) is 0 Å². The summed E-state index contributed by atoms with van der Waals surface area (Å²) in [4.78, 5) is 0. The largest absolute Gasteiger partial charge is 0.306 e. The van der Waals surface area contributed by atoms with Crippen molar-refractivity contribution in [2.45, 2.75) is 6.92 Å². The summed E-state index contributed by atoms with van der Waals surface area (Å²) in [5, 5.41) is 1.91. The monoisotopic (exact) mass is 110 g/mol. The minimum Gasteiger partial charge on any atom is -0.306 e. The number of nitrogens with one attached hydrogen (secondary N) is 1. The molecule has 0 unspecified atom stereocenters. The van der Waals surface area contributed by atoms with Gasteiger partial charge in [0.1, 0.15) is 0 Å². The Morgan fingerprint density at radius 3 is 2.75 bits per heavy atom. The van der Waals surface area contributed by atoms with Crippen LogP contribution in [0.2, 0.25) is 0 Å². The van der Waals surface area contributed by atoms with Crippen molar-refractivity contribution in [3.63, 3.8) is 0 Å². The molecule has 0 bridgehead atoms. The summed E-state index contributed by atoms with van der Waals surface area (Å²) in [6, 6.07) is 0. The molecule has 1 N–H and O–H groups in total. The Hall–Kier alpha value is -0.920. The van der Waals surface area contributed by atoms with Crippen molar-refractivity contribution in [2.75, 3.05) is 7.05 Å². The number of nitrogens with zero attached hydrogens (tertiary/aromatic N) is 1. The molecule has 1 heterocycles. The number of hydrogen-bond donors (Lipinski definition) is 1. The third kappa shape index (κ3) is 1.03. The van der Waals surface area contributed by atoms with E-state index in [0.29, 0.717) is 0 Å². The van der Waals surface area contributed by atoms with E-state index >= 15 is 0 Å². The van der Waals surface area contributed by atoms with E-state index in [2.05, 4.69) is 12.3 Å². The summed E-state index contributed by atoms with van der Waals surface area (Å²) in [5.41, 5.74) is 4.26. The van der Waals surface area contributed by atoms with Crippen molar-refractivity contribution in [1.29, 1.82) is 0 Å². The molecule has 8 heavy (non-hydrogen) atoms. The van der Waals surface area contributed by atoms with E-state index in [0.717, 1.165) is 0 Å². The highest BCUT2D eigenvalue weighted by molar-refractivity contribution is 5.16. The SMILES string of the molecule is CC1=CN(C)NC=C1. The van der Waals surface area contributed by atoms with Gasteiger partial charge in [0, 0.05) is 19.4 Å². The average molecular weight is 110 g/mol. The summed E-state index contributed by atoms with van der Waals surface area (Å²) in [5.74, 6) is 0. The van der Waals surface area contributed by atoms with Crippen LogP contribution in [0.1, 0.15) is 6.92 Å². The van der Waals surface area contributed by atoms with Crippen LogP contribution in [0.3, 0.4) is 0 Å². The predicted octanol–water partition coefficient (Wildman–Crippen LogP) is 0.854. The van der Waals surface area contributed by atoms with Gasteiger partial charge in [0.05, 0.1) is 0 Å². The quantitative estimate of drug-likeness (QED) is 0.497. The standard InChI is InChI=1S/C6H10N2/c1-6-3-4-7-8(2)5-6/h3-5,7H,1-2H3. The minimum absolute atomic E-state index is 1.27. The molecule has 0 atom stereocenters. The number of hydrogen-bond acceptors (Lipinski definition) is 2. The van der Waals surface area contributed by atoms with Crippen molar-refractivity contribution in [1.82, 2.24) is 10.4 Å². The highest BCUT2D eigenvalue weighted by Crippen LogP contribution is 1.98. The van der Waals surface area contributed by atoms with Gasteiger partial charge in [0.15, 0.2) is 0 Å². The van der Waals surface area contributed by atoms with Gasteiger partial charge in [0.25, 0.3) is 0 Å². The molecule has 0 saturated heterocycles. The third-order valence-corrected chi connectivity index (χ3v) is 1.02. The Bertz CT molecular complexity index is 135. The van der Waals surface area contributed by atoms with Crippen LogP contribution >= 0.6 is 0 Å². The van der Waals surface area contributed by atoms with Crippen molar-refractivity contribution in [2.24, 2.45) is 0 Å². The lowest BCUT2D eigenvalue weighted by Gasteiger charge is -2.17. The fraction of sp³-hybridized carbons (Fsp3) is 0.333. The second-order valence-electron chi connectivity index (χ2n) is 1.95. The van der Waals surface area contributed by atoms with Crippen molar-refractivity contribution >= 4 is 0 Å². The second-order valence-corrected chi connectivity index (χ2v) is 1.95. The molecular formula is C6H10N2. The van der Waals surface area contributed by atoms with Gasteiger partial charge >= 0.3 is 0 Å². The summed E-state index contributed by atoms with van der Waals surface area (Å²) >= 11 is 0. The maximum Gasteiger partial charge on any atom is 0.0274 e. The van der Waals surface area contributed by atoms with E-state index < -0.39 is 0 Å². The molecule has 0 aromatic heterocycles. The third-order valence-electron chi connectivity index (χ3n) is 1.02. The van der Waals surface area contributed by atoms with Gasteiger partial charge in [-0.3, -0.25) is 5.01 Å². The predicted molar refractivity (Wildman–Crippen MR) is 33.8 cm³/mol. The van der Waals surface area contributed by atoms with Crippen molar-refractivity contribution in [3.05, 3.63) is 24.0 Å². The molecule has 0 amide bonds. The van der Waals surface area contributed by atoms with Crippen LogP contribution in [0, 0.1) is 0 Å². The Balaban J connectivity index is 2.63. The molecule has 0 radical (unpaired) electrons. The first-order chi connectivity index (χ1) is 3.79. The summed E-state index contributed by atoms with van der Waals surface area (Å²) in [7, 11) is 1.97. The molecule has 0 aliphatic carbocycles. The summed E-state index contributed by atoms with van der Waals surface area (Å²) < 4.78 is 0. The van der Waals surface area contributed by atoms with E-state index in [-0.39, 0.29) is 0 Å². The molecule has 44 valence electrons. The van der Waals surface area contributed by atoms with Crippen LogP contribution in [0.25, 0.3) is 0 Å². The Kier molecular flexibility index (Phi) is 1.24. The fourth-order valence-corrected chi connectivity index (χ4v) is 0.672. The zero-order chi connectivity index (χ0) is 5.98. The fourth-order valence-electron chi connectivity index (χ4n) is 0.672.